The Balaban J connectivity index is 1.71. The summed E-state index contributed by atoms with van der Waals surface area (Å²) in [5.41, 5.74) is 2.60. The molecule has 7 heteroatoms. The van der Waals surface area contributed by atoms with Gasteiger partial charge in [-0.05, 0) is 55.8 Å². The Morgan fingerprint density at radius 3 is 2.52 bits per heavy atom. The number of anilines is 1. The predicted octanol–water partition coefficient (Wildman–Crippen LogP) is 5.47. The van der Waals surface area contributed by atoms with Gasteiger partial charge in [-0.2, -0.15) is 0 Å². The van der Waals surface area contributed by atoms with Crippen molar-refractivity contribution in [3.05, 3.63) is 93.7 Å². The van der Waals surface area contributed by atoms with Crippen molar-refractivity contribution in [1.29, 1.82) is 0 Å². The molecule has 0 saturated carbocycles. The summed E-state index contributed by atoms with van der Waals surface area (Å²) in [6.07, 6.45) is 0. The normalized spacial score (nSPS) is 12.0. The lowest BCUT2D eigenvalue weighted by atomic mass is 10.2. The molecule has 0 aliphatic rings. The molecule has 0 aliphatic carbocycles. The van der Waals surface area contributed by atoms with Crippen LogP contribution in [0.2, 0.25) is 5.02 Å². The molecule has 4 rings (SSSR count). The van der Waals surface area contributed by atoms with Crippen molar-refractivity contribution in [1.82, 2.24) is 9.55 Å². The minimum absolute atomic E-state index is 0.169. The van der Waals surface area contributed by atoms with Crippen molar-refractivity contribution in [3.63, 3.8) is 0 Å². The van der Waals surface area contributed by atoms with E-state index in [9.17, 15) is 9.59 Å². The average molecular weight is 450 g/mol. The molecule has 0 saturated heterocycles. The highest BCUT2D eigenvalue weighted by Gasteiger charge is 2.21. The van der Waals surface area contributed by atoms with E-state index in [1.54, 1.807) is 35.8 Å². The molecule has 5 nitrogen and oxygen atoms in total. The summed E-state index contributed by atoms with van der Waals surface area (Å²) in [4.78, 5) is 30.9. The van der Waals surface area contributed by atoms with E-state index in [1.807, 2.05) is 55.5 Å². The zero-order valence-corrected chi connectivity index (χ0v) is 18.6. The standard InChI is InChI=1S/C24H20ClN3O2S/c1-15-19(25)12-8-14-20(15)26-22(29)16(2)31-24-27-21-13-7-6-11-18(21)23(30)28(24)17-9-4-3-5-10-17/h3-14,16H,1-2H3,(H,26,29). The first-order valence-electron chi connectivity index (χ1n) is 9.75. The van der Waals surface area contributed by atoms with Crippen molar-refractivity contribution in [3.8, 4) is 5.69 Å². The van der Waals surface area contributed by atoms with Gasteiger partial charge in [0, 0.05) is 10.7 Å². The summed E-state index contributed by atoms with van der Waals surface area (Å²) >= 11 is 7.40. The molecule has 156 valence electrons. The number of para-hydroxylation sites is 2. The summed E-state index contributed by atoms with van der Waals surface area (Å²) in [6.45, 7) is 3.64. The van der Waals surface area contributed by atoms with Gasteiger partial charge in [-0.1, -0.05) is 59.8 Å². The largest absolute Gasteiger partial charge is 0.325 e. The zero-order chi connectivity index (χ0) is 22.0. The molecule has 1 aromatic heterocycles. The fourth-order valence-electron chi connectivity index (χ4n) is 3.19. The Morgan fingerprint density at radius 2 is 1.74 bits per heavy atom. The first kappa shape index (κ1) is 21.2. The second-order valence-electron chi connectivity index (χ2n) is 7.05. The minimum Gasteiger partial charge on any atom is -0.325 e. The Hall–Kier alpha value is -3.09. The molecule has 4 aromatic rings. The van der Waals surface area contributed by atoms with Crippen LogP contribution in [0.25, 0.3) is 16.6 Å². The number of halogens is 1. The molecule has 1 N–H and O–H groups in total. The molecular weight excluding hydrogens is 430 g/mol. The molecular formula is C24H20ClN3O2S. The topological polar surface area (TPSA) is 64.0 Å². The lowest BCUT2D eigenvalue weighted by Crippen LogP contribution is -2.26. The molecule has 0 fully saturated rings. The number of hydrogen-bond donors (Lipinski definition) is 1. The van der Waals surface area contributed by atoms with Crippen LogP contribution in [-0.4, -0.2) is 20.7 Å². The van der Waals surface area contributed by atoms with Gasteiger partial charge in [0.25, 0.3) is 5.56 Å². The Kier molecular flexibility index (Phi) is 6.11. The van der Waals surface area contributed by atoms with Crippen LogP contribution in [0.3, 0.4) is 0 Å². The van der Waals surface area contributed by atoms with Crippen LogP contribution in [0.5, 0.6) is 0 Å². The van der Waals surface area contributed by atoms with Crippen LogP contribution < -0.4 is 10.9 Å². The number of thioether (sulfide) groups is 1. The summed E-state index contributed by atoms with van der Waals surface area (Å²) < 4.78 is 1.56. The molecule has 0 radical (unpaired) electrons. The van der Waals surface area contributed by atoms with E-state index in [1.165, 1.54) is 11.8 Å². The molecule has 1 amide bonds. The summed E-state index contributed by atoms with van der Waals surface area (Å²) in [5.74, 6) is -0.197. The number of carbonyl (C=O) groups excluding carboxylic acids is 1. The highest BCUT2D eigenvalue weighted by molar-refractivity contribution is 8.00. The van der Waals surface area contributed by atoms with Gasteiger partial charge in [-0.15, -0.1) is 0 Å². The minimum atomic E-state index is -0.499. The van der Waals surface area contributed by atoms with Crippen molar-refractivity contribution >= 4 is 45.9 Å². The van der Waals surface area contributed by atoms with Crippen molar-refractivity contribution < 1.29 is 4.79 Å². The number of rotatable bonds is 5. The number of nitrogens with zero attached hydrogens (tertiary/aromatic N) is 2. The lowest BCUT2D eigenvalue weighted by molar-refractivity contribution is -0.115. The number of amides is 1. The number of aromatic nitrogens is 2. The molecule has 1 heterocycles. The van der Waals surface area contributed by atoms with Gasteiger partial charge in [0.05, 0.1) is 21.8 Å². The van der Waals surface area contributed by atoms with E-state index in [2.05, 4.69) is 5.32 Å². The number of fused-ring (bicyclic) bond motifs is 1. The van der Waals surface area contributed by atoms with Gasteiger partial charge < -0.3 is 5.32 Å². The lowest BCUT2D eigenvalue weighted by Gasteiger charge is -2.17. The van der Waals surface area contributed by atoms with Gasteiger partial charge in [-0.25, -0.2) is 4.98 Å². The summed E-state index contributed by atoms with van der Waals surface area (Å²) in [6, 6.07) is 21.9. The van der Waals surface area contributed by atoms with Crippen LogP contribution in [0, 0.1) is 6.92 Å². The first-order valence-corrected chi connectivity index (χ1v) is 11.0. The third kappa shape index (κ3) is 4.36. The van der Waals surface area contributed by atoms with E-state index in [0.29, 0.717) is 32.5 Å². The second-order valence-corrected chi connectivity index (χ2v) is 8.76. The zero-order valence-electron chi connectivity index (χ0n) is 17.0. The van der Waals surface area contributed by atoms with Crippen LogP contribution >= 0.6 is 23.4 Å². The van der Waals surface area contributed by atoms with Crippen molar-refractivity contribution in [2.24, 2.45) is 0 Å². The van der Waals surface area contributed by atoms with Crippen molar-refractivity contribution in [2.45, 2.75) is 24.3 Å². The maximum atomic E-state index is 13.3. The third-order valence-electron chi connectivity index (χ3n) is 4.94. The van der Waals surface area contributed by atoms with Gasteiger partial charge >= 0.3 is 0 Å². The van der Waals surface area contributed by atoms with E-state index in [4.69, 9.17) is 16.6 Å². The molecule has 1 atom stereocenters. The quantitative estimate of drug-likeness (QED) is 0.324. The average Bonchev–Trinajstić information content (AvgIpc) is 2.77. The number of nitrogens with one attached hydrogen (secondary N) is 1. The highest BCUT2D eigenvalue weighted by Crippen LogP contribution is 2.27. The van der Waals surface area contributed by atoms with E-state index in [0.717, 1.165) is 5.56 Å². The van der Waals surface area contributed by atoms with Gasteiger partial charge in [0.2, 0.25) is 5.91 Å². The molecule has 0 bridgehead atoms. The highest BCUT2D eigenvalue weighted by atomic mass is 35.5. The fourth-order valence-corrected chi connectivity index (χ4v) is 4.29. The van der Waals surface area contributed by atoms with Gasteiger partial charge in [-0.3, -0.25) is 14.2 Å². The van der Waals surface area contributed by atoms with Crippen LogP contribution in [0.4, 0.5) is 5.69 Å². The van der Waals surface area contributed by atoms with Crippen LogP contribution in [-0.2, 0) is 4.79 Å². The Labute approximate surface area is 189 Å². The molecule has 0 spiro atoms. The summed E-state index contributed by atoms with van der Waals surface area (Å²) in [5, 5.41) is 4.00. The van der Waals surface area contributed by atoms with Crippen LogP contribution in [0.15, 0.2) is 82.7 Å². The van der Waals surface area contributed by atoms with E-state index in [-0.39, 0.29) is 11.5 Å². The van der Waals surface area contributed by atoms with E-state index < -0.39 is 5.25 Å². The monoisotopic (exact) mass is 449 g/mol. The first-order chi connectivity index (χ1) is 15.0. The van der Waals surface area contributed by atoms with E-state index >= 15 is 0 Å². The fraction of sp³-hybridized carbons (Fsp3) is 0.125. The molecule has 3 aromatic carbocycles. The number of carbonyl (C=O) groups is 1. The maximum absolute atomic E-state index is 13.3. The number of hydrogen-bond acceptors (Lipinski definition) is 4. The predicted molar refractivity (Wildman–Crippen MR) is 127 cm³/mol. The van der Waals surface area contributed by atoms with Gasteiger partial charge in [0.15, 0.2) is 5.16 Å². The second kappa shape index (κ2) is 8.96. The van der Waals surface area contributed by atoms with Gasteiger partial charge in [0.1, 0.15) is 0 Å². The molecule has 0 aliphatic heterocycles. The molecule has 31 heavy (non-hydrogen) atoms. The smallest absolute Gasteiger partial charge is 0.266 e. The van der Waals surface area contributed by atoms with Crippen LogP contribution in [0.1, 0.15) is 12.5 Å². The SMILES string of the molecule is Cc1c(Cl)cccc1NC(=O)C(C)Sc1nc2ccccc2c(=O)n1-c1ccccc1. The van der Waals surface area contributed by atoms with Crippen molar-refractivity contribution in [2.75, 3.05) is 5.32 Å². The Bertz CT molecular complexity index is 1320. The number of benzene rings is 3. The molecule has 1 unspecified atom stereocenters. The summed E-state index contributed by atoms with van der Waals surface area (Å²) in [7, 11) is 0. The Morgan fingerprint density at radius 1 is 1.03 bits per heavy atom. The third-order valence-corrected chi connectivity index (χ3v) is 6.40. The maximum Gasteiger partial charge on any atom is 0.266 e.